The zero-order chi connectivity index (χ0) is 18.6. The van der Waals surface area contributed by atoms with Gasteiger partial charge in [-0.15, -0.1) is 0 Å². The highest BCUT2D eigenvalue weighted by atomic mass is 16.3. The summed E-state index contributed by atoms with van der Waals surface area (Å²) >= 11 is 0. The van der Waals surface area contributed by atoms with Gasteiger partial charge in [0.15, 0.2) is 0 Å². The Morgan fingerprint density at radius 2 is 0.560 bits per heavy atom. The quantitative estimate of drug-likeness (QED) is 0.198. The minimum absolute atomic E-state index is 0.281. The van der Waals surface area contributed by atoms with Crippen LogP contribution in [-0.4, -0.2) is 77.5 Å². The maximum Gasteiger partial charge on any atom is 0.0786 e. The molecule has 0 fully saturated rings. The average Bonchev–Trinajstić information content (AvgIpc) is 2.63. The van der Waals surface area contributed by atoms with Gasteiger partial charge in [0.25, 0.3) is 0 Å². The molecular weight excluding hydrogens is 318 g/mol. The summed E-state index contributed by atoms with van der Waals surface area (Å²) in [5.41, 5.74) is 0. The number of hydrogen-bond donors (Lipinski definition) is 4. The van der Waals surface area contributed by atoms with Crippen molar-refractivity contribution in [3.63, 3.8) is 0 Å². The Hall–Kier alpha value is -0.200. The lowest BCUT2D eigenvalue weighted by Crippen LogP contribution is -2.50. The van der Waals surface area contributed by atoms with Crippen LogP contribution in [0.1, 0.15) is 77.0 Å². The number of unbranched alkanes of at least 4 members (excludes halogenated alkanes) is 8. The molecule has 0 aromatic heterocycles. The highest BCUT2D eigenvalue weighted by molar-refractivity contribution is 4.53. The van der Waals surface area contributed by atoms with Gasteiger partial charge in [0, 0.05) is 26.4 Å². The van der Waals surface area contributed by atoms with E-state index in [4.69, 9.17) is 20.4 Å². The lowest BCUT2D eigenvalue weighted by molar-refractivity contribution is -0.929. The van der Waals surface area contributed by atoms with Crippen molar-refractivity contribution in [3.8, 4) is 0 Å². The summed E-state index contributed by atoms with van der Waals surface area (Å²) in [6, 6.07) is 0. The molecule has 0 heterocycles. The van der Waals surface area contributed by atoms with Crippen LogP contribution < -0.4 is 0 Å². The van der Waals surface area contributed by atoms with E-state index in [0.29, 0.717) is 0 Å². The zero-order valence-electron chi connectivity index (χ0n) is 16.4. The van der Waals surface area contributed by atoms with Crippen molar-refractivity contribution in [1.29, 1.82) is 0 Å². The van der Waals surface area contributed by atoms with E-state index < -0.39 is 0 Å². The number of aliphatic hydroxyl groups is 4. The highest BCUT2D eigenvalue weighted by Crippen LogP contribution is 2.18. The normalized spacial score (nSPS) is 12.0. The van der Waals surface area contributed by atoms with Crippen molar-refractivity contribution in [2.24, 2.45) is 0 Å². The second-order valence-corrected chi connectivity index (χ2v) is 7.37. The highest BCUT2D eigenvalue weighted by Gasteiger charge is 2.25. The van der Waals surface area contributed by atoms with Gasteiger partial charge in [-0.2, -0.15) is 0 Å². The largest absolute Gasteiger partial charge is 0.396 e. The third-order valence-electron chi connectivity index (χ3n) is 5.16. The van der Waals surface area contributed by atoms with E-state index in [2.05, 4.69) is 0 Å². The fourth-order valence-corrected chi connectivity index (χ4v) is 3.61. The average molecular weight is 363 g/mol. The molecule has 4 N–H and O–H groups in total. The van der Waals surface area contributed by atoms with Gasteiger partial charge in [-0.3, -0.25) is 0 Å². The third kappa shape index (κ3) is 14.6. The topological polar surface area (TPSA) is 80.9 Å². The zero-order valence-corrected chi connectivity index (χ0v) is 16.4. The summed E-state index contributed by atoms with van der Waals surface area (Å²) in [5.74, 6) is 0. The molecule has 5 heteroatoms. The van der Waals surface area contributed by atoms with E-state index in [9.17, 15) is 0 Å². The summed E-state index contributed by atoms with van der Waals surface area (Å²) in [6.07, 6.45) is 12.5. The molecule has 0 saturated carbocycles. The molecule has 5 nitrogen and oxygen atoms in total. The minimum Gasteiger partial charge on any atom is -0.396 e. The number of hydrogen-bond acceptors (Lipinski definition) is 4. The molecule has 0 aromatic rings. The summed E-state index contributed by atoms with van der Waals surface area (Å²) in [6.45, 7) is 5.78. The summed E-state index contributed by atoms with van der Waals surface area (Å²) < 4.78 is 1.13. The second-order valence-electron chi connectivity index (χ2n) is 7.37. The first-order valence-corrected chi connectivity index (χ1v) is 10.5. The molecule has 0 saturated heterocycles. The fourth-order valence-electron chi connectivity index (χ4n) is 3.61. The van der Waals surface area contributed by atoms with Crippen LogP contribution in [0.5, 0.6) is 0 Å². The summed E-state index contributed by atoms with van der Waals surface area (Å²) in [4.78, 5) is 0. The number of aliphatic hydroxyl groups excluding tert-OH is 4. The minimum atomic E-state index is 0.281. The Balaban J connectivity index is 4.62. The monoisotopic (exact) mass is 362 g/mol. The van der Waals surface area contributed by atoms with Crippen molar-refractivity contribution >= 4 is 0 Å². The summed E-state index contributed by atoms with van der Waals surface area (Å²) in [7, 11) is 0. The molecule has 0 bridgehead atoms. The van der Waals surface area contributed by atoms with Crippen LogP contribution in [-0.2, 0) is 0 Å². The van der Waals surface area contributed by atoms with E-state index in [-0.39, 0.29) is 26.4 Å². The molecule has 0 aromatic carbocycles. The molecule has 0 rings (SSSR count). The van der Waals surface area contributed by atoms with Gasteiger partial charge in [-0.25, -0.2) is 0 Å². The van der Waals surface area contributed by atoms with Crippen LogP contribution in [0.2, 0.25) is 0 Å². The molecule has 0 aliphatic heterocycles. The van der Waals surface area contributed by atoms with Gasteiger partial charge in [0.05, 0.1) is 26.2 Å². The van der Waals surface area contributed by atoms with Crippen LogP contribution in [0.3, 0.4) is 0 Å². The van der Waals surface area contributed by atoms with E-state index in [1.54, 1.807) is 0 Å². The predicted octanol–water partition coefficient (Wildman–Crippen LogP) is 2.45. The fraction of sp³-hybridized carbons (Fsp3) is 1.00. The van der Waals surface area contributed by atoms with Crippen LogP contribution >= 0.6 is 0 Å². The first-order chi connectivity index (χ1) is 12.2. The number of quaternary nitrogens is 1. The first-order valence-electron chi connectivity index (χ1n) is 10.5. The third-order valence-corrected chi connectivity index (χ3v) is 5.16. The maximum absolute atomic E-state index is 9.02. The molecule has 0 amide bonds. The van der Waals surface area contributed by atoms with Gasteiger partial charge in [-0.05, 0) is 77.0 Å². The van der Waals surface area contributed by atoms with Crippen LogP contribution in [0, 0.1) is 0 Å². The lowest BCUT2D eigenvalue weighted by atomic mass is 10.1. The maximum atomic E-state index is 9.02. The molecule has 25 heavy (non-hydrogen) atoms. The molecular formula is C20H44NO4+. The van der Waals surface area contributed by atoms with Crippen LogP contribution in [0.25, 0.3) is 0 Å². The number of rotatable bonds is 20. The molecule has 0 radical (unpaired) electrons. The number of nitrogens with zero attached hydrogens (tertiary/aromatic N) is 1. The van der Waals surface area contributed by atoms with Gasteiger partial charge < -0.3 is 24.9 Å². The molecule has 0 aliphatic rings. The summed E-state index contributed by atoms with van der Waals surface area (Å²) in [5, 5.41) is 36.1. The second kappa shape index (κ2) is 18.6. The molecule has 0 aliphatic carbocycles. The standard InChI is InChI=1S/C20H44NO4/c22-17-9-1-5-13-21(14-6-2-10-18-23,15-7-3-11-19-24)16-8-4-12-20-25/h22-25H,1-20H2/q+1. The van der Waals surface area contributed by atoms with Gasteiger partial charge in [-0.1, -0.05) is 0 Å². The first kappa shape index (κ1) is 24.8. The SMILES string of the molecule is OCCCCC[N+](CCCCCO)(CCCCCO)CCCCCO. The van der Waals surface area contributed by atoms with Gasteiger partial charge in [0.1, 0.15) is 0 Å². The van der Waals surface area contributed by atoms with Crippen LogP contribution in [0.15, 0.2) is 0 Å². The Labute approximate surface area is 155 Å². The molecule has 0 spiro atoms. The van der Waals surface area contributed by atoms with Gasteiger partial charge >= 0.3 is 0 Å². The molecule has 0 atom stereocenters. The Kier molecular flexibility index (Phi) is 18.4. The Morgan fingerprint density at radius 3 is 0.760 bits per heavy atom. The van der Waals surface area contributed by atoms with E-state index in [0.717, 1.165) is 108 Å². The lowest BCUT2D eigenvalue weighted by Gasteiger charge is -2.39. The van der Waals surface area contributed by atoms with E-state index >= 15 is 0 Å². The Bertz CT molecular complexity index is 211. The van der Waals surface area contributed by atoms with Crippen molar-refractivity contribution in [3.05, 3.63) is 0 Å². The Morgan fingerprint density at radius 1 is 0.320 bits per heavy atom. The predicted molar refractivity (Wildman–Crippen MR) is 103 cm³/mol. The van der Waals surface area contributed by atoms with Crippen molar-refractivity contribution in [2.45, 2.75) is 77.0 Å². The van der Waals surface area contributed by atoms with Gasteiger partial charge in [0.2, 0.25) is 0 Å². The van der Waals surface area contributed by atoms with E-state index in [1.807, 2.05) is 0 Å². The van der Waals surface area contributed by atoms with Crippen molar-refractivity contribution < 1.29 is 24.9 Å². The van der Waals surface area contributed by atoms with Crippen molar-refractivity contribution in [2.75, 3.05) is 52.6 Å². The molecule has 152 valence electrons. The van der Waals surface area contributed by atoms with Crippen molar-refractivity contribution in [1.82, 2.24) is 0 Å². The van der Waals surface area contributed by atoms with E-state index in [1.165, 1.54) is 0 Å². The molecule has 0 unspecified atom stereocenters. The smallest absolute Gasteiger partial charge is 0.0786 e. The van der Waals surface area contributed by atoms with Crippen LogP contribution in [0.4, 0.5) is 0 Å².